The van der Waals surface area contributed by atoms with Crippen LogP contribution in [0.1, 0.15) is 5.56 Å². The first-order chi connectivity index (χ1) is 19.8. The van der Waals surface area contributed by atoms with Gasteiger partial charge in [-0.15, -0.1) is 0 Å². The smallest absolute Gasteiger partial charge is 0.131 e. The Balaban J connectivity index is 1.56. The van der Waals surface area contributed by atoms with E-state index in [1.54, 1.807) is 0 Å². The zero-order valence-corrected chi connectivity index (χ0v) is 21.5. The van der Waals surface area contributed by atoms with E-state index in [9.17, 15) is 5.26 Å². The van der Waals surface area contributed by atoms with Gasteiger partial charge in [0.05, 0.1) is 28.4 Å². The fourth-order valence-corrected chi connectivity index (χ4v) is 6.89. The van der Waals surface area contributed by atoms with E-state index in [4.69, 9.17) is 0 Å². The van der Waals surface area contributed by atoms with Gasteiger partial charge in [0.2, 0.25) is 0 Å². The summed E-state index contributed by atoms with van der Waals surface area (Å²) < 4.78 is 4.85. The van der Waals surface area contributed by atoms with E-state index in [0.717, 1.165) is 44.1 Å². The summed E-state index contributed by atoms with van der Waals surface area (Å²) in [6.45, 7) is 0. The molecule has 0 saturated heterocycles. The van der Waals surface area contributed by atoms with E-state index < -0.39 is 0 Å². The summed E-state index contributed by atoms with van der Waals surface area (Å²) in [4.78, 5) is 0. The van der Waals surface area contributed by atoms with Gasteiger partial charge >= 0.3 is 0 Å². The fourth-order valence-electron chi connectivity index (χ4n) is 6.89. The number of nitriles is 1. The summed E-state index contributed by atoms with van der Waals surface area (Å²) in [6, 6.07) is 47.7. The van der Waals surface area contributed by atoms with E-state index in [2.05, 4.69) is 137 Å². The summed E-state index contributed by atoms with van der Waals surface area (Å²) in [5.41, 5.74) is 6.51. The first kappa shape index (κ1) is 21.4. The molecule has 0 aliphatic carbocycles. The molecule has 0 radical (unpaired) electrons. The van der Waals surface area contributed by atoms with Gasteiger partial charge in [-0.1, -0.05) is 91.0 Å². The van der Waals surface area contributed by atoms with Crippen LogP contribution in [-0.4, -0.2) is 9.13 Å². The van der Waals surface area contributed by atoms with E-state index >= 15 is 0 Å². The SMILES string of the molecule is N#Cc1cc2cccc3c(-n4c5ccccc5c5c6ccccc6n(-c6ccccc6)c54)cc4cccc1c4c23. The van der Waals surface area contributed by atoms with E-state index in [1.165, 1.54) is 38.0 Å². The third kappa shape index (κ3) is 2.62. The standard InChI is InChI=1S/C37H21N3/c38-22-25-20-23-10-9-17-30-33(21-24-11-8-16-27(25)34(24)35(23)30)40-32-19-7-5-15-29(32)36-28-14-4-6-18-31(28)39(37(36)40)26-12-2-1-3-13-26/h1-21H. The molecule has 0 unspecified atom stereocenters. The molecular formula is C37H21N3. The Hall–Kier alpha value is -5.59. The van der Waals surface area contributed by atoms with Crippen LogP contribution in [0.25, 0.3) is 76.5 Å². The average Bonchev–Trinajstić information content (AvgIpc) is 3.52. The minimum absolute atomic E-state index is 0.719. The van der Waals surface area contributed by atoms with Crippen molar-refractivity contribution >= 4 is 65.2 Å². The van der Waals surface area contributed by atoms with Gasteiger partial charge in [-0.2, -0.15) is 5.26 Å². The van der Waals surface area contributed by atoms with Crippen LogP contribution in [0, 0.1) is 11.3 Å². The number of fused-ring (bicyclic) bond motifs is 5. The molecule has 0 aliphatic rings. The Bertz CT molecular complexity index is 2490. The number of hydrogen-bond acceptors (Lipinski definition) is 1. The first-order valence-corrected chi connectivity index (χ1v) is 13.5. The summed E-state index contributed by atoms with van der Waals surface area (Å²) in [5.74, 6) is 0. The predicted octanol–water partition coefficient (Wildman–Crippen LogP) is 9.50. The summed E-state index contributed by atoms with van der Waals surface area (Å²) in [6.07, 6.45) is 0. The molecule has 3 heteroatoms. The summed E-state index contributed by atoms with van der Waals surface area (Å²) >= 11 is 0. The number of aromatic nitrogens is 2. The van der Waals surface area contributed by atoms with Crippen LogP contribution in [-0.2, 0) is 0 Å². The molecule has 3 nitrogen and oxygen atoms in total. The fraction of sp³-hybridized carbons (Fsp3) is 0. The van der Waals surface area contributed by atoms with Crippen molar-refractivity contribution in [3.63, 3.8) is 0 Å². The van der Waals surface area contributed by atoms with Crippen molar-refractivity contribution in [3.8, 4) is 17.4 Å². The Kier molecular flexibility index (Phi) is 4.12. The lowest BCUT2D eigenvalue weighted by Crippen LogP contribution is -2.03. The molecule has 0 spiro atoms. The molecule has 0 atom stereocenters. The molecule has 2 heterocycles. The number of hydrogen-bond donors (Lipinski definition) is 0. The Morgan fingerprint density at radius 1 is 0.475 bits per heavy atom. The Morgan fingerprint density at radius 3 is 1.77 bits per heavy atom. The molecular weight excluding hydrogens is 486 g/mol. The molecule has 0 aliphatic heterocycles. The first-order valence-electron chi connectivity index (χ1n) is 13.5. The second-order valence-corrected chi connectivity index (χ2v) is 10.5. The van der Waals surface area contributed by atoms with Crippen molar-refractivity contribution in [1.82, 2.24) is 9.13 Å². The van der Waals surface area contributed by atoms with Crippen LogP contribution in [0.5, 0.6) is 0 Å². The highest BCUT2D eigenvalue weighted by atomic mass is 15.1. The molecule has 7 aromatic carbocycles. The van der Waals surface area contributed by atoms with E-state index in [1.807, 2.05) is 6.07 Å². The third-order valence-electron chi connectivity index (χ3n) is 8.45. The topological polar surface area (TPSA) is 33.6 Å². The van der Waals surface area contributed by atoms with Gasteiger partial charge in [0.1, 0.15) is 5.65 Å². The molecule has 0 amide bonds. The quantitative estimate of drug-likeness (QED) is 0.215. The third-order valence-corrected chi connectivity index (χ3v) is 8.45. The van der Waals surface area contributed by atoms with Crippen molar-refractivity contribution in [3.05, 3.63) is 133 Å². The summed E-state index contributed by atoms with van der Waals surface area (Å²) in [5, 5.41) is 20.5. The normalized spacial score (nSPS) is 12.0. The molecule has 40 heavy (non-hydrogen) atoms. The zero-order chi connectivity index (χ0) is 26.4. The minimum atomic E-state index is 0.719. The number of nitrogens with zero attached hydrogens (tertiary/aromatic N) is 3. The van der Waals surface area contributed by atoms with Crippen LogP contribution >= 0.6 is 0 Å². The minimum Gasteiger partial charge on any atom is -0.295 e. The van der Waals surface area contributed by atoms with Gasteiger partial charge in [-0.05, 0) is 57.9 Å². The molecule has 0 bridgehead atoms. The van der Waals surface area contributed by atoms with Crippen molar-refractivity contribution in [2.24, 2.45) is 0 Å². The maximum absolute atomic E-state index is 9.95. The van der Waals surface area contributed by atoms with Gasteiger partial charge in [0, 0.05) is 32.6 Å². The maximum Gasteiger partial charge on any atom is 0.131 e. The average molecular weight is 508 g/mol. The van der Waals surface area contributed by atoms with E-state index in [0.29, 0.717) is 0 Å². The van der Waals surface area contributed by atoms with Gasteiger partial charge in [-0.3, -0.25) is 9.13 Å². The lowest BCUT2D eigenvalue weighted by molar-refractivity contribution is 1.08. The molecule has 0 saturated carbocycles. The lowest BCUT2D eigenvalue weighted by Gasteiger charge is -2.18. The molecule has 0 fully saturated rings. The second-order valence-electron chi connectivity index (χ2n) is 10.5. The Morgan fingerprint density at radius 2 is 1.05 bits per heavy atom. The van der Waals surface area contributed by atoms with Crippen LogP contribution in [0.2, 0.25) is 0 Å². The van der Waals surface area contributed by atoms with Crippen LogP contribution < -0.4 is 0 Å². The van der Waals surface area contributed by atoms with Crippen LogP contribution in [0.3, 0.4) is 0 Å². The zero-order valence-electron chi connectivity index (χ0n) is 21.5. The van der Waals surface area contributed by atoms with Gasteiger partial charge in [-0.25, -0.2) is 0 Å². The van der Waals surface area contributed by atoms with Crippen molar-refractivity contribution in [2.45, 2.75) is 0 Å². The lowest BCUT2D eigenvalue weighted by atomic mass is 9.90. The second kappa shape index (κ2) is 7.72. The molecule has 9 rings (SSSR count). The number of para-hydroxylation sites is 3. The highest BCUT2D eigenvalue weighted by molar-refractivity contribution is 6.28. The van der Waals surface area contributed by atoms with Crippen LogP contribution in [0.15, 0.2) is 127 Å². The van der Waals surface area contributed by atoms with Crippen molar-refractivity contribution in [1.29, 1.82) is 5.26 Å². The van der Waals surface area contributed by atoms with Gasteiger partial charge in [0.25, 0.3) is 0 Å². The van der Waals surface area contributed by atoms with Gasteiger partial charge < -0.3 is 0 Å². The molecule has 184 valence electrons. The van der Waals surface area contributed by atoms with Crippen LogP contribution in [0.4, 0.5) is 0 Å². The molecule has 0 N–H and O–H groups in total. The monoisotopic (exact) mass is 507 g/mol. The molecule has 9 aromatic rings. The Labute approximate surface area is 229 Å². The number of benzene rings is 7. The predicted molar refractivity (Wildman–Crippen MR) is 166 cm³/mol. The maximum atomic E-state index is 9.95. The highest BCUT2D eigenvalue weighted by Crippen LogP contribution is 2.44. The molecule has 2 aromatic heterocycles. The van der Waals surface area contributed by atoms with Crippen molar-refractivity contribution < 1.29 is 0 Å². The largest absolute Gasteiger partial charge is 0.295 e. The summed E-state index contributed by atoms with van der Waals surface area (Å²) in [7, 11) is 0. The number of rotatable bonds is 2. The highest BCUT2D eigenvalue weighted by Gasteiger charge is 2.24. The van der Waals surface area contributed by atoms with Crippen molar-refractivity contribution in [2.75, 3.05) is 0 Å². The van der Waals surface area contributed by atoms with E-state index in [-0.39, 0.29) is 0 Å². The van der Waals surface area contributed by atoms with Gasteiger partial charge in [0.15, 0.2) is 0 Å².